The minimum absolute atomic E-state index is 0.000785. The zero-order valence-corrected chi connectivity index (χ0v) is 23.4. The molecule has 40 heavy (non-hydrogen) atoms. The number of benzene rings is 3. The van der Waals surface area contributed by atoms with Gasteiger partial charge in [-0.15, -0.1) is 0 Å². The number of methoxy groups -OCH3 is 1. The van der Waals surface area contributed by atoms with Crippen LogP contribution in [0.5, 0.6) is 5.75 Å². The SMILES string of the molecule is COc1ccc(CNC(=O)C(c2ccccc2)N2CCN(c3ccc(N4CNN(C(C)C)C4=O)cc3)CC2)cc1. The molecule has 3 amide bonds. The maximum Gasteiger partial charge on any atom is 0.340 e. The lowest BCUT2D eigenvalue weighted by molar-refractivity contribution is -0.127. The summed E-state index contributed by atoms with van der Waals surface area (Å²) in [6.07, 6.45) is 0. The Balaban J connectivity index is 1.22. The highest BCUT2D eigenvalue weighted by Gasteiger charge is 2.32. The number of hydrazine groups is 1. The molecule has 2 aliphatic heterocycles. The molecule has 9 heteroatoms. The van der Waals surface area contributed by atoms with Crippen molar-refractivity contribution in [1.29, 1.82) is 0 Å². The van der Waals surface area contributed by atoms with Crippen LogP contribution in [0, 0.1) is 0 Å². The zero-order chi connectivity index (χ0) is 28.1. The average molecular weight is 543 g/mol. The van der Waals surface area contributed by atoms with Crippen LogP contribution in [0.1, 0.15) is 31.0 Å². The van der Waals surface area contributed by atoms with Gasteiger partial charge in [0, 0.05) is 50.1 Å². The van der Waals surface area contributed by atoms with Gasteiger partial charge < -0.3 is 15.0 Å². The van der Waals surface area contributed by atoms with Crippen molar-refractivity contribution in [2.75, 3.05) is 49.8 Å². The molecule has 0 bridgehead atoms. The number of carbonyl (C=O) groups is 2. The molecule has 0 aromatic heterocycles. The molecule has 3 aromatic carbocycles. The summed E-state index contributed by atoms with van der Waals surface area (Å²) in [4.78, 5) is 32.6. The molecule has 210 valence electrons. The molecular weight excluding hydrogens is 504 g/mol. The molecule has 5 rings (SSSR count). The number of amides is 3. The Morgan fingerprint density at radius 2 is 1.55 bits per heavy atom. The lowest BCUT2D eigenvalue weighted by Gasteiger charge is -2.40. The molecule has 1 unspecified atom stereocenters. The minimum Gasteiger partial charge on any atom is -0.497 e. The summed E-state index contributed by atoms with van der Waals surface area (Å²) in [6, 6.07) is 25.6. The van der Waals surface area contributed by atoms with Crippen molar-refractivity contribution in [3.8, 4) is 5.75 Å². The van der Waals surface area contributed by atoms with E-state index in [-0.39, 0.29) is 24.0 Å². The number of carbonyl (C=O) groups excluding carboxylic acids is 2. The molecular formula is C31H38N6O3. The van der Waals surface area contributed by atoms with Crippen molar-refractivity contribution in [1.82, 2.24) is 20.7 Å². The van der Waals surface area contributed by atoms with E-state index in [1.807, 2.05) is 80.6 Å². The molecule has 0 radical (unpaired) electrons. The lowest BCUT2D eigenvalue weighted by Crippen LogP contribution is -2.51. The van der Waals surface area contributed by atoms with Crippen LogP contribution >= 0.6 is 0 Å². The van der Waals surface area contributed by atoms with Gasteiger partial charge in [0.2, 0.25) is 5.91 Å². The highest BCUT2D eigenvalue weighted by atomic mass is 16.5. The van der Waals surface area contributed by atoms with E-state index in [0.29, 0.717) is 13.2 Å². The first-order chi connectivity index (χ1) is 19.4. The highest BCUT2D eigenvalue weighted by molar-refractivity contribution is 5.93. The summed E-state index contributed by atoms with van der Waals surface area (Å²) in [5.74, 6) is 0.795. The molecule has 1 atom stereocenters. The van der Waals surface area contributed by atoms with Crippen LogP contribution in [0.2, 0.25) is 0 Å². The fourth-order valence-electron chi connectivity index (χ4n) is 5.29. The molecule has 0 aliphatic carbocycles. The number of anilines is 2. The predicted molar refractivity (Wildman–Crippen MR) is 157 cm³/mol. The monoisotopic (exact) mass is 542 g/mol. The van der Waals surface area contributed by atoms with Gasteiger partial charge in [0.15, 0.2) is 0 Å². The molecule has 2 aliphatic rings. The van der Waals surface area contributed by atoms with Gasteiger partial charge in [0.1, 0.15) is 11.8 Å². The first-order valence-electron chi connectivity index (χ1n) is 13.8. The van der Waals surface area contributed by atoms with E-state index in [4.69, 9.17) is 4.74 Å². The van der Waals surface area contributed by atoms with Crippen LogP contribution in [-0.2, 0) is 11.3 Å². The molecule has 3 aromatic rings. The fraction of sp³-hybridized carbons (Fsp3) is 0.355. The van der Waals surface area contributed by atoms with Crippen molar-refractivity contribution >= 4 is 23.3 Å². The van der Waals surface area contributed by atoms with Crippen molar-refractivity contribution < 1.29 is 14.3 Å². The van der Waals surface area contributed by atoms with Gasteiger partial charge >= 0.3 is 6.03 Å². The van der Waals surface area contributed by atoms with Crippen LogP contribution in [0.4, 0.5) is 16.2 Å². The molecule has 0 spiro atoms. The van der Waals surface area contributed by atoms with Gasteiger partial charge in [-0.05, 0) is 61.4 Å². The number of hydrogen-bond donors (Lipinski definition) is 2. The Morgan fingerprint density at radius 3 is 2.15 bits per heavy atom. The van der Waals surface area contributed by atoms with Crippen LogP contribution in [0.3, 0.4) is 0 Å². The molecule has 2 fully saturated rings. The molecule has 2 saturated heterocycles. The quantitative estimate of drug-likeness (QED) is 0.426. The van der Waals surface area contributed by atoms with Crippen LogP contribution < -0.4 is 25.3 Å². The number of nitrogens with zero attached hydrogens (tertiary/aromatic N) is 4. The second kappa shape index (κ2) is 12.4. The first-order valence-corrected chi connectivity index (χ1v) is 13.8. The van der Waals surface area contributed by atoms with Crippen molar-refractivity contribution in [3.05, 3.63) is 90.0 Å². The molecule has 9 nitrogen and oxygen atoms in total. The molecule has 0 saturated carbocycles. The van der Waals surface area contributed by atoms with E-state index in [0.717, 1.165) is 54.4 Å². The number of urea groups is 1. The number of nitrogens with one attached hydrogen (secondary N) is 2. The van der Waals surface area contributed by atoms with Crippen LogP contribution in [0.15, 0.2) is 78.9 Å². The van der Waals surface area contributed by atoms with E-state index in [1.165, 1.54) is 0 Å². The summed E-state index contributed by atoms with van der Waals surface area (Å²) >= 11 is 0. The number of piperazine rings is 1. The van der Waals surface area contributed by atoms with Gasteiger partial charge in [-0.3, -0.25) is 19.6 Å². The van der Waals surface area contributed by atoms with Crippen LogP contribution in [0.25, 0.3) is 0 Å². The van der Waals surface area contributed by atoms with Gasteiger partial charge in [-0.2, -0.15) is 0 Å². The molecule has 2 N–H and O–H groups in total. The third-order valence-electron chi connectivity index (χ3n) is 7.55. The average Bonchev–Trinajstić information content (AvgIpc) is 3.39. The van der Waals surface area contributed by atoms with E-state index in [2.05, 4.69) is 32.7 Å². The maximum atomic E-state index is 13.5. The molecule has 2 heterocycles. The Morgan fingerprint density at radius 1 is 0.900 bits per heavy atom. The summed E-state index contributed by atoms with van der Waals surface area (Å²) in [5.41, 5.74) is 7.16. The fourth-order valence-corrected chi connectivity index (χ4v) is 5.29. The Hall–Kier alpha value is -4.08. The zero-order valence-electron chi connectivity index (χ0n) is 23.4. The Labute approximate surface area is 236 Å². The van der Waals surface area contributed by atoms with Gasteiger partial charge in [0.25, 0.3) is 0 Å². The summed E-state index contributed by atoms with van der Waals surface area (Å²) in [5, 5.41) is 4.80. The minimum atomic E-state index is -0.360. The standard InChI is InChI=1S/C31H38N6O3/c1-23(2)37-31(39)36(22-33-37)27-13-11-26(12-14-27)34-17-19-35(20-18-34)29(25-7-5-4-6-8-25)30(38)32-21-24-9-15-28(40-3)16-10-24/h4-16,23,29,33H,17-22H2,1-3H3,(H,32,38). The van der Waals surface area contributed by atoms with Gasteiger partial charge in [-0.1, -0.05) is 42.5 Å². The lowest BCUT2D eigenvalue weighted by atomic mass is 10.0. The van der Waals surface area contributed by atoms with Crippen molar-refractivity contribution in [2.45, 2.75) is 32.5 Å². The van der Waals surface area contributed by atoms with Crippen molar-refractivity contribution in [2.24, 2.45) is 0 Å². The third-order valence-corrected chi connectivity index (χ3v) is 7.55. The number of hydrogen-bond acceptors (Lipinski definition) is 6. The largest absolute Gasteiger partial charge is 0.497 e. The van der Waals surface area contributed by atoms with Gasteiger partial charge in [0.05, 0.1) is 13.8 Å². The number of ether oxygens (including phenoxy) is 1. The van der Waals surface area contributed by atoms with E-state index in [9.17, 15) is 9.59 Å². The van der Waals surface area contributed by atoms with E-state index < -0.39 is 0 Å². The van der Waals surface area contributed by atoms with Gasteiger partial charge in [-0.25, -0.2) is 10.2 Å². The van der Waals surface area contributed by atoms with Crippen molar-refractivity contribution in [3.63, 3.8) is 0 Å². The summed E-state index contributed by atoms with van der Waals surface area (Å²) < 4.78 is 5.24. The predicted octanol–water partition coefficient (Wildman–Crippen LogP) is 3.99. The normalized spacial score (nSPS) is 16.9. The topological polar surface area (TPSA) is 80.4 Å². The summed E-state index contributed by atoms with van der Waals surface area (Å²) in [6.45, 7) is 8.04. The Kier molecular flexibility index (Phi) is 8.52. The second-order valence-electron chi connectivity index (χ2n) is 10.4. The summed E-state index contributed by atoms with van der Waals surface area (Å²) in [7, 11) is 1.64. The maximum absolute atomic E-state index is 13.5. The highest BCUT2D eigenvalue weighted by Crippen LogP contribution is 2.27. The Bertz CT molecular complexity index is 1270. The second-order valence-corrected chi connectivity index (χ2v) is 10.4. The van der Waals surface area contributed by atoms with Crippen LogP contribution in [-0.4, -0.2) is 67.8 Å². The first kappa shape index (κ1) is 27.5. The van der Waals surface area contributed by atoms with E-state index >= 15 is 0 Å². The smallest absolute Gasteiger partial charge is 0.340 e. The van der Waals surface area contributed by atoms with E-state index in [1.54, 1.807) is 17.0 Å². The third kappa shape index (κ3) is 6.05. The number of rotatable bonds is 9.